The number of rotatable bonds is 4. The fourth-order valence-electron chi connectivity index (χ4n) is 5.04. The molecule has 3 aliphatic carbocycles. The number of esters is 1. The first-order valence-corrected chi connectivity index (χ1v) is 7.53. The minimum atomic E-state index is 0.0337. The molecule has 0 aromatic heterocycles. The molecule has 3 heteroatoms. The van der Waals surface area contributed by atoms with Gasteiger partial charge in [-0.1, -0.05) is 6.92 Å². The number of hydrogen-bond donors (Lipinski definition) is 1. The van der Waals surface area contributed by atoms with Gasteiger partial charge in [0.1, 0.15) is 0 Å². The summed E-state index contributed by atoms with van der Waals surface area (Å²) in [5, 5.41) is 9.49. The van der Waals surface area contributed by atoms with E-state index in [2.05, 4.69) is 0 Å². The maximum absolute atomic E-state index is 12.1. The van der Waals surface area contributed by atoms with E-state index >= 15 is 0 Å². The van der Waals surface area contributed by atoms with E-state index in [0.29, 0.717) is 31.0 Å². The third kappa shape index (κ3) is 1.78. The summed E-state index contributed by atoms with van der Waals surface area (Å²) in [6.07, 6.45) is 5.59. The molecule has 6 atom stereocenters. The Bertz CT molecular complexity index is 328. The molecule has 0 aliphatic heterocycles. The Labute approximate surface area is 109 Å². The first-order chi connectivity index (χ1) is 8.76. The van der Waals surface area contributed by atoms with Gasteiger partial charge in [-0.3, -0.25) is 4.79 Å². The van der Waals surface area contributed by atoms with Gasteiger partial charge in [0, 0.05) is 6.61 Å². The molecule has 3 nitrogen and oxygen atoms in total. The fraction of sp³-hybridized carbons (Fsp3) is 0.933. The molecule has 0 radical (unpaired) electrons. The number of aliphatic hydroxyl groups excluding tert-OH is 1. The van der Waals surface area contributed by atoms with Crippen LogP contribution in [0, 0.1) is 35.5 Å². The second kappa shape index (κ2) is 4.84. The van der Waals surface area contributed by atoms with Gasteiger partial charge in [0.05, 0.1) is 12.5 Å². The number of ether oxygens (including phenoxy) is 1. The Morgan fingerprint density at radius 1 is 1.28 bits per heavy atom. The summed E-state index contributed by atoms with van der Waals surface area (Å²) in [4.78, 5) is 12.1. The molecule has 0 heterocycles. The van der Waals surface area contributed by atoms with Crippen LogP contribution in [0.25, 0.3) is 0 Å². The Morgan fingerprint density at radius 2 is 2.11 bits per heavy atom. The molecule has 3 aliphatic rings. The van der Waals surface area contributed by atoms with Gasteiger partial charge in [0.2, 0.25) is 0 Å². The zero-order chi connectivity index (χ0) is 12.7. The molecule has 18 heavy (non-hydrogen) atoms. The van der Waals surface area contributed by atoms with Crippen molar-refractivity contribution in [3.05, 3.63) is 0 Å². The van der Waals surface area contributed by atoms with Gasteiger partial charge in [0.15, 0.2) is 0 Å². The van der Waals surface area contributed by atoms with Gasteiger partial charge in [-0.2, -0.15) is 0 Å². The monoisotopic (exact) mass is 252 g/mol. The van der Waals surface area contributed by atoms with E-state index in [1.165, 1.54) is 12.8 Å². The van der Waals surface area contributed by atoms with Crippen molar-refractivity contribution in [1.29, 1.82) is 0 Å². The molecule has 3 saturated carbocycles. The molecule has 3 fully saturated rings. The van der Waals surface area contributed by atoms with Crippen LogP contribution in [0.3, 0.4) is 0 Å². The van der Waals surface area contributed by atoms with Gasteiger partial charge in [0.25, 0.3) is 0 Å². The van der Waals surface area contributed by atoms with Crippen LogP contribution >= 0.6 is 0 Å². The molecule has 3 rings (SSSR count). The van der Waals surface area contributed by atoms with E-state index in [9.17, 15) is 9.90 Å². The van der Waals surface area contributed by atoms with Gasteiger partial charge in [-0.05, 0) is 61.7 Å². The highest BCUT2D eigenvalue weighted by atomic mass is 16.5. The first-order valence-electron chi connectivity index (χ1n) is 7.53. The van der Waals surface area contributed by atoms with Crippen molar-refractivity contribution in [2.45, 2.75) is 39.0 Å². The van der Waals surface area contributed by atoms with Crippen molar-refractivity contribution < 1.29 is 14.6 Å². The highest BCUT2D eigenvalue weighted by Crippen LogP contribution is 2.62. The predicted molar refractivity (Wildman–Crippen MR) is 67.7 cm³/mol. The van der Waals surface area contributed by atoms with E-state index in [0.717, 1.165) is 31.1 Å². The molecule has 0 aromatic rings. The third-order valence-electron chi connectivity index (χ3n) is 5.64. The summed E-state index contributed by atoms with van der Waals surface area (Å²) in [6, 6.07) is 0. The van der Waals surface area contributed by atoms with E-state index in [1.807, 2.05) is 6.92 Å². The van der Waals surface area contributed by atoms with Crippen molar-refractivity contribution >= 4 is 5.97 Å². The van der Waals surface area contributed by atoms with Crippen molar-refractivity contribution in [2.24, 2.45) is 35.5 Å². The van der Waals surface area contributed by atoms with E-state index in [4.69, 9.17) is 4.74 Å². The Balaban J connectivity index is 1.69. The second-order valence-electron chi connectivity index (χ2n) is 6.43. The molecule has 2 bridgehead atoms. The summed E-state index contributed by atoms with van der Waals surface area (Å²) >= 11 is 0. The first kappa shape index (κ1) is 12.5. The van der Waals surface area contributed by atoms with Gasteiger partial charge in [-0.15, -0.1) is 0 Å². The average molecular weight is 252 g/mol. The fourth-order valence-corrected chi connectivity index (χ4v) is 5.04. The second-order valence-corrected chi connectivity index (χ2v) is 6.43. The van der Waals surface area contributed by atoms with E-state index in [1.54, 1.807) is 0 Å². The van der Waals surface area contributed by atoms with Crippen LogP contribution in [-0.4, -0.2) is 24.3 Å². The number of carbonyl (C=O) groups is 1. The molecular formula is C15H24O3. The van der Waals surface area contributed by atoms with Crippen LogP contribution in [0.1, 0.15) is 39.0 Å². The van der Waals surface area contributed by atoms with Crippen molar-refractivity contribution in [3.63, 3.8) is 0 Å². The van der Waals surface area contributed by atoms with Gasteiger partial charge >= 0.3 is 5.97 Å². The lowest BCUT2D eigenvalue weighted by molar-refractivity contribution is -0.151. The van der Waals surface area contributed by atoms with Crippen molar-refractivity contribution in [2.75, 3.05) is 13.2 Å². The minimum Gasteiger partial charge on any atom is -0.465 e. The summed E-state index contributed by atoms with van der Waals surface area (Å²) < 4.78 is 5.34. The normalized spacial score (nSPS) is 45.2. The quantitative estimate of drug-likeness (QED) is 0.780. The highest BCUT2D eigenvalue weighted by Gasteiger charge is 2.58. The third-order valence-corrected chi connectivity index (χ3v) is 5.64. The van der Waals surface area contributed by atoms with Crippen molar-refractivity contribution in [1.82, 2.24) is 0 Å². The molecule has 0 aromatic carbocycles. The number of hydrogen-bond acceptors (Lipinski definition) is 3. The maximum Gasteiger partial charge on any atom is 0.309 e. The Kier molecular flexibility index (Phi) is 3.35. The minimum absolute atomic E-state index is 0.0337. The van der Waals surface area contributed by atoms with Crippen LogP contribution in [0.2, 0.25) is 0 Å². The molecule has 102 valence electrons. The standard InChI is InChI=1S/C15H24O3/c1-2-5-18-15(17)13-7-10-6-12(13)14-9(8-16)3-4-11(10)14/h9-14,16H,2-8H2,1H3. The topological polar surface area (TPSA) is 46.5 Å². The molecule has 0 spiro atoms. The zero-order valence-electron chi connectivity index (χ0n) is 11.2. The molecule has 6 unspecified atom stereocenters. The van der Waals surface area contributed by atoms with Crippen LogP contribution < -0.4 is 0 Å². The van der Waals surface area contributed by atoms with Crippen LogP contribution in [0.4, 0.5) is 0 Å². The zero-order valence-corrected chi connectivity index (χ0v) is 11.2. The molecular weight excluding hydrogens is 228 g/mol. The lowest BCUT2D eigenvalue weighted by Crippen LogP contribution is -2.34. The van der Waals surface area contributed by atoms with Crippen LogP contribution in [0.5, 0.6) is 0 Å². The number of aliphatic hydroxyl groups is 1. The Hall–Kier alpha value is -0.570. The lowest BCUT2D eigenvalue weighted by Gasteiger charge is -2.33. The summed E-state index contributed by atoms with van der Waals surface area (Å²) in [5.74, 6) is 3.25. The van der Waals surface area contributed by atoms with Crippen LogP contribution in [-0.2, 0) is 9.53 Å². The van der Waals surface area contributed by atoms with Crippen LogP contribution in [0.15, 0.2) is 0 Å². The molecule has 1 N–H and O–H groups in total. The SMILES string of the molecule is CCCOC(=O)C1CC2CC1C1C(CO)CCC21. The summed E-state index contributed by atoms with van der Waals surface area (Å²) in [6.45, 7) is 2.90. The smallest absolute Gasteiger partial charge is 0.309 e. The largest absolute Gasteiger partial charge is 0.465 e. The number of fused-ring (bicyclic) bond motifs is 5. The van der Waals surface area contributed by atoms with Gasteiger partial charge in [-0.25, -0.2) is 0 Å². The van der Waals surface area contributed by atoms with E-state index < -0.39 is 0 Å². The number of carbonyl (C=O) groups excluding carboxylic acids is 1. The Morgan fingerprint density at radius 3 is 2.83 bits per heavy atom. The molecule has 0 amide bonds. The van der Waals surface area contributed by atoms with Gasteiger partial charge < -0.3 is 9.84 Å². The van der Waals surface area contributed by atoms with Crippen molar-refractivity contribution in [3.8, 4) is 0 Å². The predicted octanol–water partition coefficient (Wildman–Crippen LogP) is 2.23. The summed E-state index contributed by atoms with van der Waals surface area (Å²) in [7, 11) is 0. The maximum atomic E-state index is 12.1. The molecule has 0 saturated heterocycles. The average Bonchev–Trinajstić information content (AvgIpc) is 3.05. The van der Waals surface area contributed by atoms with E-state index in [-0.39, 0.29) is 11.9 Å². The lowest BCUT2D eigenvalue weighted by atomic mass is 9.73. The highest BCUT2D eigenvalue weighted by molar-refractivity contribution is 5.73. The summed E-state index contributed by atoms with van der Waals surface area (Å²) in [5.41, 5.74) is 0.